The first-order valence-electron chi connectivity index (χ1n) is 5.08. The van der Waals surface area contributed by atoms with Crippen LogP contribution in [0.3, 0.4) is 0 Å². The summed E-state index contributed by atoms with van der Waals surface area (Å²) in [6.07, 6.45) is 1.66. The lowest BCUT2D eigenvalue weighted by Gasteiger charge is -2.06. The quantitative estimate of drug-likeness (QED) is 0.840. The summed E-state index contributed by atoms with van der Waals surface area (Å²) in [6.45, 7) is 0. The third-order valence-corrected chi connectivity index (χ3v) is 2.97. The van der Waals surface area contributed by atoms with Crippen LogP contribution >= 0.6 is 11.8 Å². The minimum Gasteiger partial charge on any atom is -0.481 e. The molecule has 18 heavy (non-hydrogen) atoms. The zero-order chi connectivity index (χ0) is 13.0. The van der Waals surface area contributed by atoms with Crippen molar-refractivity contribution in [1.29, 1.82) is 0 Å². The minimum atomic E-state index is 0.429. The molecule has 7 heteroatoms. The van der Waals surface area contributed by atoms with Gasteiger partial charge in [-0.25, -0.2) is 4.98 Å². The zero-order valence-corrected chi connectivity index (χ0v) is 10.8. The lowest BCUT2D eigenvalue weighted by atomic mass is 10.4. The predicted molar refractivity (Wildman–Crippen MR) is 67.9 cm³/mol. The zero-order valence-electron chi connectivity index (χ0n) is 9.95. The second-order valence-electron chi connectivity index (χ2n) is 3.24. The molecule has 2 aromatic rings. The molecule has 0 atom stereocenters. The molecule has 0 saturated heterocycles. The van der Waals surface area contributed by atoms with E-state index >= 15 is 0 Å². The number of ether oxygens (including phenoxy) is 2. The number of nitrogen functional groups attached to an aromatic ring is 1. The van der Waals surface area contributed by atoms with Gasteiger partial charge in [0.2, 0.25) is 16.9 Å². The van der Waals surface area contributed by atoms with Crippen LogP contribution in [0.1, 0.15) is 0 Å². The molecule has 0 amide bonds. The van der Waals surface area contributed by atoms with Gasteiger partial charge < -0.3 is 15.2 Å². The highest BCUT2D eigenvalue weighted by molar-refractivity contribution is 7.99. The summed E-state index contributed by atoms with van der Waals surface area (Å²) in [4.78, 5) is 12.5. The van der Waals surface area contributed by atoms with Gasteiger partial charge in [-0.15, -0.1) is 0 Å². The van der Waals surface area contributed by atoms with Gasteiger partial charge in [-0.05, 0) is 23.9 Å². The molecule has 0 aliphatic carbocycles. The number of nitrogens with zero attached hydrogens (tertiary/aromatic N) is 3. The summed E-state index contributed by atoms with van der Waals surface area (Å²) in [7, 11) is 3.07. The van der Waals surface area contributed by atoms with E-state index in [0.29, 0.717) is 27.6 Å². The summed E-state index contributed by atoms with van der Waals surface area (Å²) < 4.78 is 10.1. The van der Waals surface area contributed by atoms with Crippen molar-refractivity contribution in [3.05, 3.63) is 24.4 Å². The van der Waals surface area contributed by atoms with Crippen molar-refractivity contribution in [2.75, 3.05) is 20.0 Å². The molecule has 0 radical (unpaired) electrons. The Balaban J connectivity index is 2.31. The van der Waals surface area contributed by atoms with Crippen LogP contribution in [-0.4, -0.2) is 29.2 Å². The first kappa shape index (κ1) is 12.4. The van der Waals surface area contributed by atoms with Crippen molar-refractivity contribution in [3.63, 3.8) is 0 Å². The van der Waals surface area contributed by atoms with E-state index in [1.165, 1.54) is 26.0 Å². The third kappa shape index (κ3) is 2.80. The van der Waals surface area contributed by atoms with Crippen LogP contribution in [0.4, 0.5) is 5.69 Å². The standard InChI is InChI=1S/C11H12N4O2S/c1-16-8-6-9(17-2)15-11(14-8)18-10-7(12)4-3-5-13-10/h3-6H,12H2,1-2H3. The molecule has 0 aromatic carbocycles. The maximum absolute atomic E-state index is 5.81. The lowest BCUT2D eigenvalue weighted by molar-refractivity contribution is 0.364. The summed E-state index contributed by atoms with van der Waals surface area (Å²) in [6, 6.07) is 5.14. The van der Waals surface area contributed by atoms with Gasteiger partial charge in [-0.2, -0.15) is 9.97 Å². The highest BCUT2D eigenvalue weighted by Gasteiger charge is 2.09. The molecule has 0 unspecified atom stereocenters. The Morgan fingerprint density at radius 1 is 1.17 bits per heavy atom. The van der Waals surface area contributed by atoms with Crippen LogP contribution in [0.5, 0.6) is 11.8 Å². The van der Waals surface area contributed by atoms with Gasteiger partial charge >= 0.3 is 0 Å². The number of pyridine rings is 1. The highest BCUT2D eigenvalue weighted by atomic mass is 32.2. The number of hydrogen-bond donors (Lipinski definition) is 1. The third-order valence-electron chi connectivity index (χ3n) is 2.07. The molecule has 0 saturated carbocycles. The number of aromatic nitrogens is 3. The molecule has 94 valence electrons. The number of rotatable bonds is 4. The summed E-state index contributed by atoms with van der Waals surface area (Å²) in [5.74, 6) is 0.859. The molecule has 2 N–H and O–H groups in total. The molecule has 0 aliphatic heterocycles. The van der Waals surface area contributed by atoms with E-state index in [9.17, 15) is 0 Å². The van der Waals surface area contributed by atoms with Crippen molar-refractivity contribution in [3.8, 4) is 11.8 Å². The molecule has 2 heterocycles. The summed E-state index contributed by atoms with van der Waals surface area (Å²) in [5, 5.41) is 1.12. The van der Waals surface area contributed by atoms with Gasteiger partial charge in [0, 0.05) is 6.20 Å². The van der Waals surface area contributed by atoms with Crippen LogP contribution in [0.2, 0.25) is 0 Å². The van der Waals surface area contributed by atoms with Crippen molar-refractivity contribution >= 4 is 17.4 Å². The average molecular weight is 264 g/mol. The molecule has 6 nitrogen and oxygen atoms in total. The molecule has 0 spiro atoms. The van der Waals surface area contributed by atoms with E-state index < -0.39 is 0 Å². The Bertz CT molecular complexity index is 528. The Kier molecular flexibility index (Phi) is 3.83. The van der Waals surface area contributed by atoms with Gasteiger partial charge in [-0.3, -0.25) is 0 Å². The topological polar surface area (TPSA) is 83.2 Å². The lowest BCUT2D eigenvalue weighted by Crippen LogP contribution is -1.97. The number of nitrogens with two attached hydrogens (primary N) is 1. The van der Waals surface area contributed by atoms with Gasteiger partial charge in [-0.1, -0.05) is 0 Å². The molecule has 0 bridgehead atoms. The minimum absolute atomic E-state index is 0.429. The fourth-order valence-electron chi connectivity index (χ4n) is 1.21. The Hall–Kier alpha value is -2.02. The Labute approximate surface area is 109 Å². The Morgan fingerprint density at radius 3 is 2.39 bits per heavy atom. The van der Waals surface area contributed by atoms with Crippen LogP contribution in [0.25, 0.3) is 0 Å². The van der Waals surface area contributed by atoms with Crippen LogP contribution in [0, 0.1) is 0 Å². The second-order valence-corrected chi connectivity index (χ2v) is 4.19. The van der Waals surface area contributed by atoms with Gasteiger partial charge in [0.15, 0.2) is 0 Å². The van der Waals surface area contributed by atoms with E-state index in [0.717, 1.165) is 0 Å². The van der Waals surface area contributed by atoms with Gasteiger partial charge in [0.25, 0.3) is 0 Å². The predicted octanol–water partition coefficient (Wildman–Crippen LogP) is 1.62. The molecule has 0 aliphatic rings. The molecule has 2 aromatic heterocycles. The van der Waals surface area contributed by atoms with Gasteiger partial charge in [0.1, 0.15) is 5.03 Å². The highest BCUT2D eigenvalue weighted by Crippen LogP contribution is 2.29. The monoisotopic (exact) mass is 264 g/mol. The van der Waals surface area contributed by atoms with Gasteiger partial charge in [0.05, 0.1) is 26.0 Å². The van der Waals surface area contributed by atoms with Crippen LogP contribution < -0.4 is 15.2 Å². The first-order valence-corrected chi connectivity index (χ1v) is 5.90. The maximum Gasteiger partial charge on any atom is 0.220 e. The van der Waals surface area contributed by atoms with E-state index in [1.807, 2.05) is 0 Å². The summed E-state index contributed by atoms with van der Waals surface area (Å²) in [5.41, 5.74) is 6.38. The van der Waals surface area contributed by atoms with E-state index in [-0.39, 0.29) is 0 Å². The smallest absolute Gasteiger partial charge is 0.220 e. The van der Waals surface area contributed by atoms with Crippen LogP contribution in [0.15, 0.2) is 34.6 Å². The van der Waals surface area contributed by atoms with E-state index in [4.69, 9.17) is 15.2 Å². The summed E-state index contributed by atoms with van der Waals surface area (Å²) >= 11 is 1.25. The molecule has 0 fully saturated rings. The van der Waals surface area contributed by atoms with Crippen molar-refractivity contribution in [1.82, 2.24) is 15.0 Å². The van der Waals surface area contributed by atoms with E-state index in [2.05, 4.69) is 15.0 Å². The fourth-order valence-corrected chi connectivity index (χ4v) is 1.96. The second kappa shape index (κ2) is 5.54. The first-order chi connectivity index (χ1) is 8.72. The van der Waals surface area contributed by atoms with Crippen molar-refractivity contribution in [2.45, 2.75) is 10.2 Å². The SMILES string of the molecule is COc1cc(OC)nc(Sc2ncccc2N)n1. The van der Waals surface area contributed by atoms with Crippen LogP contribution in [-0.2, 0) is 0 Å². The maximum atomic E-state index is 5.81. The average Bonchev–Trinajstić information content (AvgIpc) is 2.41. The molecular weight excluding hydrogens is 252 g/mol. The number of hydrogen-bond acceptors (Lipinski definition) is 7. The van der Waals surface area contributed by atoms with Crippen molar-refractivity contribution < 1.29 is 9.47 Å². The molecule has 2 rings (SSSR count). The molecular formula is C11H12N4O2S. The number of methoxy groups -OCH3 is 2. The number of anilines is 1. The normalized spacial score (nSPS) is 10.1. The largest absolute Gasteiger partial charge is 0.481 e. The van der Waals surface area contributed by atoms with Crippen molar-refractivity contribution in [2.24, 2.45) is 0 Å². The van der Waals surface area contributed by atoms with E-state index in [1.54, 1.807) is 24.4 Å². The Morgan fingerprint density at radius 2 is 1.83 bits per heavy atom. The fraction of sp³-hybridized carbons (Fsp3) is 0.182.